The standard InChI is InChI=1S/C23H29N3O2S/c24-22(27)19-9-13-26(14-10-19)23(28)20-7-11-25(12-8-20)16-17-3-5-18(6-4-17)21-2-1-15-29-21/h1-6,15,19-20H,7-14,16H2,(H2,24,27). The van der Waals surface area contributed by atoms with Gasteiger partial charge in [-0.05, 0) is 61.3 Å². The van der Waals surface area contributed by atoms with Gasteiger partial charge >= 0.3 is 0 Å². The Hall–Kier alpha value is -2.18. The highest BCUT2D eigenvalue weighted by molar-refractivity contribution is 7.13. The molecule has 2 N–H and O–H groups in total. The van der Waals surface area contributed by atoms with Crippen LogP contribution in [0.2, 0.25) is 0 Å². The van der Waals surface area contributed by atoms with E-state index in [1.165, 1.54) is 16.0 Å². The van der Waals surface area contributed by atoms with Gasteiger partial charge < -0.3 is 10.6 Å². The van der Waals surface area contributed by atoms with Gasteiger partial charge in [0.1, 0.15) is 0 Å². The van der Waals surface area contributed by atoms with Crippen molar-refractivity contribution in [2.75, 3.05) is 26.2 Å². The number of hydrogen-bond donors (Lipinski definition) is 1. The topological polar surface area (TPSA) is 66.6 Å². The van der Waals surface area contributed by atoms with Crippen LogP contribution < -0.4 is 5.73 Å². The van der Waals surface area contributed by atoms with E-state index in [1.54, 1.807) is 11.3 Å². The number of thiophene rings is 1. The number of piperidine rings is 2. The summed E-state index contributed by atoms with van der Waals surface area (Å²) in [6, 6.07) is 13.1. The van der Waals surface area contributed by atoms with E-state index in [0.29, 0.717) is 25.9 Å². The number of likely N-dealkylation sites (tertiary alicyclic amines) is 2. The van der Waals surface area contributed by atoms with Crippen LogP contribution in [0.1, 0.15) is 31.2 Å². The Kier molecular flexibility index (Phi) is 6.31. The van der Waals surface area contributed by atoms with Crippen LogP contribution in [0.3, 0.4) is 0 Å². The van der Waals surface area contributed by atoms with Crippen molar-refractivity contribution in [1.82, 2.24) is 9.80 Å². The molecule has 0 aliphatic carbocycles. The number of benzene rings is 1. The third-order valence-electron chi connectivity index (χ3n) is 6.31. The molecule has 3 heterocycles. The van der Waals surface area contributed by atoms with Gasteiger partial charge in [-0.3, -0.25) is 14.5 Å². The number of nitrogens with two attached hydrogens (primary N) is 1. The first-order valence-corrected chi connectivity index (χ1v) is 11.4. The van der Waals surface area contributed by atoms with Crippen LogP contribution in [0.15, 0.2) is 41.8 Å². The van der Waals surface area contributed by atoms with Crippen molar-refractivity contribution < 1.29 is 9.59 Å². The minimum absolute atomic E-state index is 0.0629. The zero-order chi connectivity index (χ0) is 20.2. The van der Waals surface area contributed by atoms with Crippen molar-refractivity contribution in [3.05, 3.63) is 47.3 Å². The Balaban J connectivity index is 1.24. The largest absolute Gasteiger partial charge is 0.369 e. The maximum atomic E-state index is 12.8. The van der Waals surface area contributed by atoms with Gasteiger partial charge in [0.25, 0.3) is 0 Å². The molecule has 1 aromatic heterocycles. The molecule has 154 valence electrons. The Bertz CT molecular complexity index is 818. The van der Waals surface area contributed by atoms with Crippen LogP contribution in [0.25, 0.3) is 10.4 Å². The first-order valence-electron chi connectivity index (χ1n) is 10.5. The van der Waals surface area contributed by atoms with Crippen LogP contribution in [-0.4, -0.2) is 47.8 Å². The van der Waals surface area contributed by atoms with Crippen LogP contribution in [0.4, 0.5) is 0 Å². The monoisotopic (exact) mass is 411 g/mol. The van der Waals surface area contributed by atoms with Gasteiger partial charge in [-0.25, -0.2) is 0 Å². The first kappa shape index (κ1) is 20.1. The molecule has 2 aromatic rings. The number of nitrogens with zero attached hydrogens (tertiary/aromatic N) is 2. The molecule has 6 heteroatoms. The number of primary amides is 1. The lowest BCUT2D eigenvalue weighted by molar-refractivity contribution is -0.140. The van der Waals surface area contributed by atoms with Crippen molar-refractivity contribution in [3.8, 4) is 10.4 Å². The number of hydrogen-bond acceptors (Lipinski definition) is 4. The van der Waals surface area contributed by atoms with Crippen LogP contribution in [0, 0.1) is 11.8 Å². The van der Waals surface area contributed by atoms with Gasteiger partial charge in [0.2, 0.25) is 11.8 Å². The molecule has 2 fully saturated rings. The average molecular weight is 412 g/mol. The van der Waals surface area contributed by atoms with E-state index >= 15 is 0 Å². The van der Waals surface area contributed by atoms with Gasteiger partial charge in [0, 0.05) is 36.3 Å². The second kappa shape index (κ2) is 9.09. The van der Waals surface area contributed by atoms with Gasteiger partial charge in [-0.15, -0.1) is 11.3 Å². The number of amides is 2. The van der Waals surface area contributed by atoms with E-state index in [2.05, 4.69) is 46.7 Å². The lowest BCUT2D eigenvalue weighted by Gasteiger charge is -2.36. The minimum atomic E-state index is -0.228. The van der Waals surface area contributed by atoms with Crippen molar-refractivity contribution in [2.45, 2.75) is 32.2 Å². The van der Waals surface area contributed by atoms with Crippen LogP contribution in [-0.2, 0) is 16.1 Å². The Morgan fingerprint density at radius 2 is 1.59 bits per heavy atom. The highest BCUT2D eigenvalue weighted by Crippen LogP contribution is 2.27. The number of carbonyl (C=O) groups is 2. The zero-order valence-corrected chi connectivity index (χ0v) is 17.6. The van der Waals surface area contributed by atoms with E-state index in [9.17, 15) is 9.59 Å². The minimum Gasteiger partial charge on any atom is -0.369 e. The fourth-order valence-electron chi connectivity index (χ4n) is 4.46. The van der Waals surface area contributed by atoms with E-state index in [4.69, 9.17) is 5.73 Å². The molecule has 4 rings (SSSR count). The molecule has 0 spiro atoms. The third kappa shape index (κ3) is 4.87. The Labute approximate surface area is 176 Å². The number of rotatable bonds is 5. The summed E-state index contributed by atoms with van der Waals surface area (Å²) >= 11 is 1.76. The predicted molar refractivity (Wildman–Crippen MR) is 116 cm³/mol. The SMILES string of the molecule is NC(=O)C1CCN(C(=O)C2CCN(Cc3ccc(-c4cccs4)cc3)CC2)CC1. The first-order chi connectivity index (χ1) is 14.1. The average Bonchev–Trinajstić information content (AvgIpc) is 3.29. The van der Waals surface area contributed by atoms with E-state index < -0.39 is 0 Å². The summed E-state index contributed by atoms with van der Waals surface area (Å²) in [5.41, 5.74) is 7.99. The van der Waals surface area contributed by atoms with Gasteiger partial charge in [-0.1, -0.05) is 30.3 Å². The van der Waals surface area contributed by atoms with Gasteiger partial charge in [-0.2, -0.15) is 0 Å². The maximum Gasteiger partial charge on any atom is 0.225 e. The molecule has 2 aliphatic rings. The molecular formula is C23H29N3O2S. The summed E-state index contributed by atoms with van der Waals surface area (Å²) in [6.45, 7) is 4.20. The molecule has 1 aromatic carbocycles. The zero-order valence-electron chi connectivity index (χ0n) is 16.8. The van der Waals surface area contributed by atoms with E-state index in [0.717, 1.165) is 32.5 Å². The van der Waals surface area contributed by atoms with Crippen molar-refractivity contribution in [1.29, 1.82) is 0 Å². The summed E-state index contributed by atoms with van der Waals surface area (Å²) in [5.74, 6) is 0.103. The lowest BCUT2D eigenvalue weighted by atomic mass is 9.91. The normalized spacial score (nSPS) is 19.4. The molecule has 0 atom stereocenters. The molecule has 2 aliphatic heterocycles. The third-order valence-corrected chi connectivity index (χ3v) is 7.23. The van der Waals surface area contributed by atoms with E-state index in [-0.39, 0.29) is 23.7 Å². The van der Waals surface area contributed by atoms with E-state index in [1.807, 2.05) is 4.90 Å². The molecule has 29 heavy (non-hydrogen) atoms. The fourth-order valence-corrected chi connectivity index (χ4v) is 5.19. The number of carbonyl (C=O) groups excluding carboxylic acids is 2. The smallest absolute Gasteiger partial charge is 0.225 e. The summed E-state index contributed by atoms with van der Waals surface area (Å²) in [4.78, 5) is 29.8. The second-order valence-corrected chi connectivity index (χ2v) is 9.17. The van der Waals surface area contributed by atoms with Crippen LogP contribution >= 0.6 is 11.3 Å². The van der Waals surface area contributed by atoms with Crippen molar-refractivity contribution in [2.24, 2.45) is 17.6 Å². The highest BCUT2D eigenvalue weighted by Gasteiger charge is 2.31. The maximum absolute atomic E-state index is 12.8. The van der Waals surface area contributed by atoms with Gasteiger partial charge in [0.05, 0.1) is 0 Å². The van der Waals surface area contributed by atoms with Crippen molar-refractivity contribution >= 4 is 23.2 Å². The molecule has 0 radical (unpaired) electrons. The fraction of sp³-hybridized carbons (Fsp3) is 0.478. The summed E-state index contributed by atoms with van der Waals surface area (Å²) in [5, 5.41) is 2.11. The lowest BCUT2D eigenvalue weighted by Crippen LogP contribution is -2.46. The second-order valence-electron chi connectivity index (χ2n) is 8.23. The molecule has 2 amide bonds. The molecule has 2 saturated heterocycles. The predicted octanol–water partition coefficient (Wildman–Crippen LogP) is 3.35. The molecule has 0 saturated carbocycles. The Morgan fingerprint density at radius 1 is 0.931 bits per heavy atom. The summed E-state index contributed by atoms with van der Waals surface area (Å²) < 4.78 is 0. The molecular weight excluding hydrogens is 382 g/mol. The molecule has 0 unspecified atom stereocenters. The van der Waals surface area contributed by atoms with Gasteiger partial charge in [0.15, 0.2) is 0 Å². The Morgan fingerprint density at radius 3 is 2.17 bits per heavy atom. The summed E-state index contributed by atoms with van der Waals surface area (Å²) in [6.07, 6.45) is 3.26. The highest BCUT2D eigenvalue weighted by atomic mass is 32.1. The quantitative estimate of drug-likeness (QED) is 0.820. The van der Waals surface area contributed by atoms with Crippen LogP contribution in [0.5, 0.6) is 0 Å². The molecule has 5 nitrogen and oxygen atoms in total. The van der Waals surface area contributed by atoms with Crippen molar-refractivity contribution in [3.63, 3.8) is 0 Å². The summed E-state index contributed by atoms with van der Waals surface area (Å²) in [7, 11) is 0. The molecule has 0 bridgehead atoms.